The fourth-order valence-corrected chi connectivity index (χ4v) is 1.18. The van der Waals surface area contributed by atoms with Gasteiger partial charge in [0.2, 0.25) is 0 Å². The second-order valence-electron chi connectivity index (χ2n) is 4.68. The van der Waals surface area contributed by atoms with Crippen molar-refractivity contribution in [1.29, 1.82) is 0 Å². The van der Waals surface area contributed by atoms with E-state index in [9.17, 15) is 9.50 Å². The Morgan fingerprint density at radius 1 is 1.29 bits per heavy atom. The molecule has 2 heteroatoms. The maximum Gasteiger partial charge on any atom is 0.126 e. The van der Waals surface area contributed by atoms with Gasteiger partial charge in [-0.25, -0.2) is 4.39 Å². The highest BCUT2D eigenvalue weighted by Gasteiger charge is 2.22. The van der Waals surface area contributed by atoms with Gasteiger partial charge in [0.15, 0.2) is 0 Å². The van der Waals surface area contributed by atoms with Gasteiger partial charge in [0.25, 0.3) is 0 Å². The molecule has 0 spiro atoms. The number of aliphatic hydroxyl groups excluding tert-OH is 1. The Bertz CT molecular complexity index is 301. The predicted molar refractivity (Wildman–Crippen MR) is 55.6 cm³/mol. The van der Waals surface area contributed by atoms with Crippen LogP contribution in [0.25, 0.3) is 0 Å². The van der Waals surface area contributed by atoms with Crippen molar-refractivity contribution in [3.8, 4) is 0 Å². The lowest BCUT2D eigenvalue weighted by Gasteiger charge is -2.25. The van der Waals surface area contributed by atoms with Crippen molar-refractivity contribution < 1.29 is 9.50 Å². The van der Waals surface area contributed by atoms with Crippen LogP contribution in [-0.2, 0) is 6.42 Å². The van der Waals surface area contributed by atoms with E-state index in [1.165, 1.54) is 6.07 Å². The molecule has 0 amide bonds. The Hall–Kier alpha value is -0.890. The van der Waals surface area contributed by atoms with Crippen molar-refractivity contribution >= 4 is 0 Å². The second-order valence-corrected chi connectivity index (χ2v) is 4.68. The van der Waals surface area contributed by atoms with E-state index in [1.54, 1.807) is 18.2 Å². The average Bonchev–Trinajstić information content (AvgIpc) is 2.07. The Balaban J connectivity index is 2.75. The summed E-state index contributed by atoms with van der Waals surface area (Å²) in [7, 11) is 0. The summed E-state index contributed by atoms with van der Waals surface area (Å²) in [5, 5.41) is 9.80. The minimum Gasteiger partial charge on any atom is -0.392 e. The van der Waals surface area contributed by atoms with E-state index in [4.69, 9.17) is 0 Å². The molecule has 1 nitrogen and oxygen atoms in total. The molecule has 14 heavy (non-hydrogen) atoms. The van der Waals surface area contributed by atoms with Crippen LogP contribution < -0.4 is 0 Å². The van der Waals surface area contributed by atoms with Crippen LogP contribution in [0.4, 0.5) is 4.39 Å². The number of hydrogen-bond acceptors (Lipinski definition) is 1. The molecule has 1 aromatic carbocycles. The third kappa shape index (κ3) is 2.81. The molecule has 0 aliphatic heterocycles. The zero-order chi connectivity index (χ0) is 10.8. The third-order valence-electron chi connectivity index (χ3n) is 2.37. The zero-order valence-electron chi connectivity index (χ0n) is 8.92. The first-order valence-corrected chi connectivity index (χ1v) is 4.83. The molecule has 0 heterocycles. The average molecular weight is 196 g/mol. The van der Waals surface area contributed by atoms with Crippen molar-refractivity contribution in [3.63, 3.8) is 0 Å². The molecule has 0 fully saturated rings. The second kappa shape index (κ2) is 4.09. The van der Waals surface area contributed by atoms with Crippen LogP contribution in [0.15, 0.2) is 24.3 Å². The van der Waals surface area contributed by atoms with Crippen molar-refractivity contribution in [2.45, 2.75) is 33.3 Å². The highest BCUT2D eigenvalue weighted by atomic mass is 19.1. The summed E-state index contributed by atoms with van der Waals surface area (Å²) < 4.78 is 13.2. The molecule has 1 rings (SSSR count). The number of halogens is 1. The van der Waals surface area contributed by atoms with Gasteiger partial charge < -0.3 is 5.11 Å². The summed E-state index contributed by atoms with van der Waals surface area (Å²) in [6.07, 6.45) is -0.143. The number of benzene rings is 1. The third-order valence-corrected chi connectivity index (χ3v) is 2.37. The lowest BCUT2D eigenvalue weighted by atomic mass is 9.85. The van der Waals surface area contributed by atoms with E-state index in [0.717, 1.165) is 0 Å². The molecule has 0 saturated heterocycles. The summed E-state index contributed by atoms with van der Waals surface area (Å²) in [6.45, 7) is 5.83. The van der Waals surface area contributed by atoms with Gasteiger partial charge in [-0.05, 0) is 17.0 Å². The van der Waals surface area contributed by atoms with Gasteiger partial charge >= 0.3 is 0 Å². The van der Waals surface area contributed by atoms with Gasteiger partial charge in [-0.1, -0.05) is 39.0 Å². The van der Waals surface area contributed by atoms with Crippen LogP contribution in [0.2, 0.25) is 0 Å². The van der Waals surface area contributed by atoms with E-state index in [2.05, 4.69) is 0 Å². The molecule has 1 aromatic rings. The van der Waals surface area contributed by atoms with Crippen molar-refractivity contribution in [1.82, 2.24) is 0 Å². The first kappa shape index (κ1) is 11.2. The summed E-state index contributed by atoms with van der Waals surface area (Å²) in [4.78, 5) is 0. The van der Waals surface area contributed by atoms with E-state index in [-0.39, 0.29) is 11.2 Å². The molecule has 1 N–H and O–H groups in total. The van der Waals surface area contributed by atoms with Crippen LogP contribution in [0.3, 0.4) is 0 Å². The SMILES string of the molecule is CC(C)(C)C(O)Cc1ccccc1F. The Labute approximate surface area is 84.6 Å². The molecule has 0 aromatic heterocycles. The summed E-state index contributed by atoms with van der Waals surface area (Å²) in [5.41, 5.74) is 0.373. The molecule has 0 saturated carbocycles. The Kier molecular flexibility index (Phi) is 3.27. The molecular formula is C12H17FO. The largest absolute Gasteiger partial charge is 0.392 e. The van der Waals surface area contributed by atoms with Crippen LogP contribution >= 0.6 is 0 Å². The van der Waals surface area contributed by atoms with Gasteiger partial charge in [0.1, 0.15) is 5.82 Å². The van der Waals surface area contributed by atoms with Crippen molar-refractivity contribution in [2.24, 2.45) is 5.41 Å². The highest BCUT2D eigenvalue weighted by molar-refractivity contribution is 5.18. The Morgan fingerprint density at radius 2 is 1.86 bits per heavy atom. The van der Waals surface area contributed by atoms with Crippen LogP contribution in [0.1, 0.15) is 26.3 Å². The highest BCUT2D eigenvalue weighted by Crippen LogP contribution is 2.23. The topological polar surface area (TPSA) is 20.2 Å². The molecule has 0 aliphatic carbocycles. The predicted octanol–water partition coefficient (Wildman–Crippen LogP) is 2.78. The zero-order valence-corrected chi connectivity index (χ0v) is 8.92. The normalized spacial score (nSPS) is 14.1. The van der Waals surface area contributed by atoms with Gasteiger partial charge in [-0.3, -0.25) is 0 Å². The summed E-state index contributed by atoms with van der Waals surface area (Å²) >= 11 is 0. The fraction of sp³-hybridized carbons (Fsp3) is 0.500. The first-order valence-electron chi connectivity index (χ1n) is 4.83. The van der Waals surface area contributed by atoms with Gasteiger partial charge in [0, 0.05) is 6.42 Å². The van der Waals surface area contributed by atoms with Crippen molar-refractivity contribution in [3.05, 3.63) is 35.6 Å². The van der Waals surface area contributed by atoms with Gasteiger partial charge in [-0.2, -0.15) is 0 Å². The van der Waals surface area contributed by atoms with E-state index < -0.39 is 6.10 Å². The van der Waals surface area contributed by atoms with E-state index in [0.29, 0.717) is 12.0 Å². The number of hydrogen-bond donors (Lipinski definition) is 1. The van der Waals surface area contributed by atoms with Crippen LogP contribution in [-0.4, -0.2) is 11.2 Å². The smallest absolute Gasteiger partial charge is 0.126 e. The lowest BCUT2D eigenvalue weighted by Crippen LogP contribution is -2.28. The molecule has 0 aliphatic rings. The maximum atomic E-state index is 13.2. The minimum atomic E-state index is -0.514. The van der Waals surface area contributed by atoms with Crippen LogP contribution in [0, 0.1) is 11.2 Å². The lowest BCUT2D eigenvalue weighted by molar-refractivity contribution is 0.0629. The Morgan fingerprint density at radius 3 is 2.36 bits per heavy atom. The quantitative estimate of drug-likeness (QED) is 0.771. The molecule has 1 unspecified atom stereocenters. The first-order chi connectivity index (χ1) is 6.41. The molecular weight excluding hydrogens is 179 g/mol. The minimum absolute atomic E-state index is 0.206. The molecule has 0 bridgehead atoms. The summed E-state index contributed by atoms with van der Waals surface area (Å²) in [5.74, 6) is -0.240. The number of rotatable bonds is 2. The van der Waals surface area contributed by atoms with E-state index in [1.807, 2.05) is 20.8 Å². The fourth-order valence-electron chi connectivity index (χ4n) is 1.18. The maximum absolute atomic E-state index is 13.2. The number of aliphatic hydroxyl groups is 1. The van der Waals surface area contributed by atoms with Gasteiger partial charge in [0.05, 0.1) is 6.10 Å². The molecule has 78 valence electrons. The van der Waals surface area contributed by atoms with Crippen LogP contribution in [0.5, 0.6) is 0 Å². The van der Waals surface area contributed by atoms with Crippen molar-refractivity contribution in [2.75, 3.05) is 0 Å². The standard InChI is InChI=1S/C12H17FO/c1-12(2,3)11(14)8-9-6-4-5-7-10(9)13/h4-7,11,14H,8H2,1-3H3. The summed E-state index contributed by atoms with van der Waals surface area (Å²) in [6, 6.07) is 6.57. The monoisotopic (exact) mass is 196 g/mol. The molecule has 1 atom stereocenters. The van der Waals surface area contributed by atoms with E-state index >= 15 is 0 Å². The van der Waals surface area contributed by atoms with Gasteiger partial charge in [-0.15, -0.1) is 0 Å². The molecule has 0 radical (unpaired) electrons.